The number of aryl methyl sites for hydroxylation is 1. The number of pyridine rings is 2. The fraction of sp³-hybridized carbons (Fsp3) is 0.483. The van der Waals surface area contributed by atoms with Gasteiger partial charge in [-0.2, -0.15) is 0 Å². The van der Waals surface area contributed by atoms with Gasteiger partial charge in [-0.3, -0.25) is 14.6 Å². The lowest BCUT2D eigenvalue weighted by Crippen LogP contribution is -2.61. The third-order valence-corrected chi connectivity index (χ3v) is 7.48. The second kappa shape index (κ2) is 11.1. The molecular weight excluding hydrogens is 545 g/mol. The molecule has 0 spiro atoms. The van der Waals surface area contributed by atoms with Gasteiger partial charge in [-0.05, 0) is 33.3 Å². The summed E-state index contributed by atoms with van der Waals surface area (Å²) in [4.78, 5) is 52.1. The van der Waals surface area contributed by atoms with Crippen LogP contribution in [0.3, 0.4) is 0 Å². The van der Waals surface area contributed by atoms with E-state index in [4.69, 9.17) is 9.47 Å². The van der Waals surface area contributed by atoms with E-state index in [0.717, 1.165) is 16.9 Å². The van der Waals surface area contributed by atoms with E-state index < -0.39 is 35.7 Å². The summed E-state index contributed by atoms with van der Waals surface area (Å²) in [6.07, 6.45) is 3.94. The van der Waals surface area contributed by atoms with Gasteiger partial charge >= 0.3 is 18.1 Å². The molecule has 224 valence electrons. The monoisotopic (exact) mass is 581 g/mol. The van der Waals surface area contributed by atoms with Gasteiger partial charge in [0.2, 0.25) is 6.29 Å². The molecule has 1 fully saturated rings. The molecule has 3 amide bonds. The molecule has 3 aromatic rings. The number of carbonyl (C=O) groups is 3. The van der Waals surface area contributed by atoms with Crippen LogP contribution < -0.4 is 15.1 Å². The fourth-order valence-electron chi connectivity index (χ4n) is 5.41. The maximum atomic E-state index is 14.7. The molecule has 2 aliphatic rings. The molecular formula is C29H36FN7O5. The summed E-state index contributed by atoms with van der Waals surface area (Å²) in [7, 11) is 0. The highest BCUT2D eigenvalue weighted by atomic mass is 19.1. The lowest BCUT2D eigenvalue weighted by atomic mass is 9.98. The topological polar surface area (TPSA) is 122 Å². The number of fused-ring (bicyclic) bond motifs is 2. The number of carbonyl (C=O) groups excluding carboxylic acids is 3. The van der Waals surface area contributed by atoms with E-state index in [-0.39, 0.29) is 11.6 Å². The van der Waals surface area contributed by atoms with Crippen molar-refractivity contribution in [2.75, 3.05) is 41.3 Å². The Labute approximate surface area is 243 Å². The number of nitrogens with one attached hydrogen (secondary N) is 1. The minimum Gasteiger partial charge on any atom is -0.425 e. The number of hydrogen-bond donors (Lipinski definition) is 1. The molecule has 1 unspecified atom stereocenters. The summed E-state index contributed by atoms with van der Waals surface area (Å²) in [5, 5.41) is 2.68. The smallest absolute Gasteiger partial charge is 0.413 e. The number of aromatic nitrogens is 3. The first-order valence-corrected chi connectivity index (χ1v) is 14.0. The Balaban J connectivity index is 1.27. The number of esters is 1. The molecule has 0 aliphatic carbocycles. The van der Waals surface area contributed by atoms with Crippen LogP contribution in [0.2, 0.25) is 0 Å². The van der Waals surface area contributed by atoms with Crippen molar-refractivity contribution in [3.05, 3.63) is 47.8 Å². The highest BCUT2D eigenvalue weighted by molar-refractivity contribution is 6.03. The van der Waals surface area contributed by atoms with E-state index in [1.54, 1.807) is 35.5 Å². The van der Waals surface area contributed by atoms with E-state index in [1.807, 2.05) is 26.8 Å². The SMILES string of the molecule is Cc1cn2cc(NC(=O)N3CCc4c(N5CCN(C(=O)OC(C)OC(=O)C(C)C)C(C)(C)C5)ccnc43)c(F)cc2n1. The maximum absolute atomic E-state index is 14.7. The normalized spacial score (nSPS) is 16.9. The predicted molar refractivity (Wildman–Crippen MR) is 154 cm³/mol. The number of ether oxygens (including phenoxy) is 2. The first kappa shape index (κ1) is 29.1. The highest BCUT2D eigenvalue weighted by Crippen LogP contribution is 2.36. The van der Waals surface area contributed by atoms with Crippen LogP contribution >= 0.6 is 0 Å². The number of urea groups is 1. The van der Waals surface area contributed by atoms with Crippen molar-refractivity contribution in [2.24, 2.45) is 5.92 Å². The van der Waals surface area contributed by atoms with Gasteiger partial charge in [0.15, 0.2) is 5.82 Å². The molecule has 42 heavy (non-hydrogen) atoms. The van der Waals surface area contributed by atoms with Gasteiger partial charge in [0.1, 0.15) is 11.5 Å². The Morgan fingerprint density at radius 1 is 1.10 bits per heavy atom. The van der Waals surface area contributed by atoms with Crippen LogP contribution in [-0.2, 0) is 20.7 Å². The maximum Gasteiger partial charge on any atom is 0.413 e. The molecule has 5 heterocycles. The molecule has 0 aromatic carbocycles. The molecule has 0 bridgehead atoms. The van der Waals surface area contributed by atoms with E-state index >= 15 is 0 Å². The zero-order chi connectivity index (χ0) is 30.3. The number of hydrogen-bond acceptors (Lipinski definition) is 8. The number of rotatable bonds is 5. The quantitative estimate of drug-likeness (QED) is 0.349. The van der Waals surface area contributed by atoms with E-state index in [0.29, 0.717) is 44.1 Å². The minimum absolute atomic E-state index is 0.0487. The van der Waals surface area contributed by atoms with Crippen molar-refractivity contribution in [3.63, 3.8) is 0 Å². The number of halogens is 1. The zero-order valence-corrected chi connectivity index (χ0v) is 24.7. The van der Waals surface area contributed by atoms with Gasteiger partial charge in [0.05, 0.1) is 22.8 Å². The Hall–Kier alpha value is -4.42. The van der Waals surface area contributed by atoms with E-state index in [9.17, 15) is 18.8 Å². The van der Waals surface area contributed by atoms with Crippen molar-refractivity contribution < 1.29 is 28.2 Å². The average Bonchev–Trinajstić information content (AvgIpc) is 3.50. The third kappa shape index (κ3) is 5.68. The van der Waals surface area contributed by atoms with Crippen LogP contribution in [0, 0.1) is 18.7 Å². The van der Waals surface area contributed by atoms with Crippen molar-refractivity contribution in [2.45, 2.75) is 59.8 Å². The van der Waals surface area contributed by atoms with Crippen molar-refractivity contribution in [1.82, 2.24) is 19.3 Å². The molecule has 12 nitrogen and oxygen atoms in total. The number of anilines is 3. The van der Waals surface area contributed by atoms with E-state index in [2.05, 4.69) is 20.2 Å². The first-order chi connectivity index (χ1) is 19.8. The van der Waals surface area contributed by atoms with Gasteiger partial charge in [-0.1, -0.05) is 13.8 Å². The number of nitrogens with zero attached hydrogens (tertiary/aromatic N) is 6. The van der Waals surface area contributed by atoms with Gasteiger partial charge in [-0.25, -0.2) is 23.9 Å². The molecule has 0 radical (unpaired) electrons. The molecule has 1 atom stereocenters. The number of imidazole rings is 1. The van der Waals surface area contributed by atoms with Crippen molar-refractivity contribution in [1.29, 1.82) is 0 Å². The van der Waals surface area contributed by atoms with Crippen LogP contribution in [0.15, 0.2) is 30.7 Å². The standard InChI is InChI=1S/C29H36FN7O5/c1-17(2)26(38)41-19(4)42-28(40)37-12-11-34(16-29(37,5)6)23-7-9-31-25-20(23)8-10-36(25)27(39)33-22-15-35-14-18(3)32-24(35)13-21(22)30/h7,9,13-15,17,19H,8,10-12,16H2,1-6H3,(H,33,39). The number of piperazine rings is 1. The van der Waals surface area contributed by atoms with Gasteiger partial charge in [0, 0.05) is 69.0 Å². The second-order valence-corrected chi connectivity index (χ2v) is 11.6. The van der Waals surface area contributed by atoms with Crippen LogP contribution in [-0.4, -0.2) is 75.4 Å². The summed E-state index contributed by atoms with van der Waals surface area (Å²) in [6.45, 7) is 12.4. The second-order valence-electron chi connectivity index (χ2n) is 11.6. The lowest BCUT2D eigenvalue weighted by molar-refractivity contribution is -0.170. The molecule has 1 saturated heterocycles. The Bertz CT molecular complexity index is 1540. The molecule has 5 rings (SSSR count). The van der Waals surface area contributed by atoms with Crippen molar-refractivity contribution in [3.8, 4) is 0 Å². The largest absolute Gasteiger partial charge is 0.425 e. The Kier molecular flexibility index (Phi) is 7.69. The average molecular weight is 582 g/mol. The van der Waals surface area contributed by atoms with Crippen LogP contribution in [0.4, 0.5) is 31.2 Å². The third-order valence-electron chi connectivity index (χ3n) is 7.48. The Morgan fingerprint density at radius 2 is 1.86 bits per heavy atom. The minimum atomic E-state index is -0.999. The molecule has 0 saturated carbocycles. The van der Waals surface area contributed by atoms with Gasteiger partial charge in [0.25, 0.3) is 0 Å². The first-order valence-electron chi connectivity index (χ1n) is 14.0. The summed E-state index contributed by atoms with van der Waals surface area (Å²) in [5.41, 5.74) is 2.48. The fourth-order valence-corrected chi connectivity index (χ4v) is 5.41. The van der Waals surface area contributed by atoms with Gasteiger partial charge in [-0.15, -0.1) is 0 Å². The van der Waals surface area contributed by atoms with Crippen LogP contribution in [0.1, 0.15) is 45.9 Å². The summed E-state index contributed by atoms with van der Waals surface area (Å²) >= 11 is 0. The van der Waals surface area contributed by atoms with Crippen LogP contribution in [0.25, 0.3) is 5.65 Å². The predicted octanol–water partition coefficient (Wildman–Crippen LogP) is 4.35. The van der Waals surface area contributed by atoms with Gasteiger partial charge < -0.3 is 24.1 Å². The number of amides is 3. The zero-order valence-electron chi connectivity index (χ0n) is 24.7. The highest BCUT2D eigenvalue weighted by Gasteiger charge is 2.40. The summed E-state index contributed by atoms with van der Waals surface area (Å²) < 4.78 is 27.0. The molecule has 3 aromatic heterocycles. The summed E-state index contributed by atoms with van der Waals surface area (Å²) in [5.74, 6) is -0.820. The molecule has 13 heteroatoms. The van der Waals surface area contributed by atoms with Crippen LogP contribution in [0.5, 0.6) is 0 Å². The van der Waals surface area contributed by atoms with Crippen molar-refractivity contribution >= 4 is 40.9 Å². The molecule has 2 aliphatic heterocycles. The van der Waals surface area contributed by atoms with E-state index in [1.165, 1.54) is 24.1 Å². The lowest BCUT2D eigenvalue weighted by Gasteiger charge is -2.47. The Morgan fingerprint density at radius 3 is 2.57 bits per heavy atom. The summed E-state index contributed by atoms with van der Waals surface area (Å²) in [6, 6.07) is 2.72. The molecule has 1 N–H and O–H groups in total.